The summed E-state index contributed by atoms with van der Waals surface area (Å²) in [6, 6.07) is 14.0. The van der Waals surface area contributed by atoms with Crippen molar-refractivity contribution in [2.24, 2.45) is 7.05 Å². The molecule has 0 spiro atoms. The summed E-state index contributed by atoms with van der Waals surface area (Å²) < 4.78 is 7.82. The number of fused-ring (bicyclic) bond motifs is 1. The number of ether oxygens (including phenoxy) is 1. The van der Waals surface area contributed by atoms with E-state index in [0.29, 0.717) is 24.5 Å². The van der Waals surface area contributed by atoms with Gasteiger partial charge in [0.25, 0.3) is 0 Å². The summed E-state index contributed by atoms with van der Waals surface area (Å²) in [4.78, 5) is 6.56. The number of amidine groups is 1. The Balaban J connectivity index is 1.55. The van der Waals surface area contributed by atoms with Gasteiger partial charge in [-0.25, -0.2) is 4.98 Å². The van der Waals surface area contributed by atoms with Gasteiger partial charge in [-0.05, 0) is 63.1 Å². The van der Waals surface area contributed by atoms with Crippen LogP contribution in [0.1, 0.15) is 37.7 Å². The SMILES string of the molecule is Cc1ccc2c(c1)nc(C1=C(O)CN(Cc3ccc(OC(C)(C)C)cc3)C1=N)n2C. The molecular formula is C24H28N4O2. The Hall–Kier alpha value is -3.28. The van der Waals surface area contributed by atoms with Gasteiger partial charge in [-0.15, -0.1) is 0 Å². The minimum absolute atomic E-state index is 0.183. The average Bonchev–Trinajstić information content (AvgIpc) is 3.11. The Bertz CT molecular complexity index is 1150. The Kier molecular flexibility index (Phi) is 4.80. The normalized spacial score (nSPS) is 14.8. The largest absolute Gasteiger partial charge is 0.510 e. The number of hydrogen-bond donors (Lipinski definition) is 2. The number of nitrogens with one attached hydrogen (secondary N) is 1. The summed E-state index contributed by atoms with van der Waals surface area (Å²) in [6.07, 6.45) is 0. The number of benzene rings is 2. The van der Waals surface area contributed by atoms with E-state index in [1.54, 1.807) is 0 Å². The third-order valence-corrected chi connectivity index (χ3v) is 5.16. The van der Waals surface area contributed by atoms with Crippen LogP contribution in [0.4, 0.5) is 0 Å². The van der Waals surface area contributed by atoms with Crippen LogP contribution >= 0.6 is 0 Å². The number of imidazole rings is 1. The fraction of sp³-hybridized carbons (Fsp3) is 0.333. The first-order valence-corrected chi connectivity index (χ1v) is 10.1. The molecule has 4 rings (SSSR count). The third-order valence-electron chi connectivity index (χ3n) is 5.16. The first-order chi connectivity index (χ1) is 14.1. The van der Waals surface area contributed by atoms with Crippen LogP contribution in [0.15, 0.2) is 48.2 Å². The lowest BCUT2D eigenvalue weighted by Gasteiger charge is -2.22. The highest BCUT2D eigenvalue weighted by molar-refractivity contribution is 6.23. The second kappa shape index (κ2) is 7.20. The molecule has 1 aliphatic rings. The maximum Gasteiger partial charge on any atom is 0.148 e. The van der Waals surface area contributed by atoms with Gasteiger partial charge in [0.1, 0.15) is 28.8 Å². The Morgan fingerprint density at radius 1 is 1.13 bits per heavy atom. The van der Waals surface area contributed by atoms with Gasteiger partial charge in [-0.1, -0.05) is 18.2 Å². The van der Waals surface area contributed by atoms with Gasteiger partial charge in [0.2, 0.25) is 0 Å². The smallest absolute Gasteiger partial charge is 0.148 e. The molecule has 0 radical (unpaired) electrons. The van der Waals surface area contributed by atoms with E-state index in [0.717, 1.165) is 27.9 Å². The second-order valence-corrected chi connectivity index (χ2v) is 8.87. The van der Waals surface area contributed by atoms with Crippen LogP contribution < -0.4 is 4.74 Å². The standard InChI is InChI=1S/C24H28N4O2/c1-15-6-11-19-18(12-15)26-23(27(19)5)21-20(29)14-28(22(21)25)13-16-7-9-17(10-8-16)30-24(2,3)4/h6-12,25,29H,13-14H2,1-5H3. The monoisotopic (exact) mass is 404 g/mol. The molecule has 0 fully saturated rings. The Morgan fingerprint density at radius 2 is 1.83 bits per heavy atom. The van der Waals surface area contributed by atoms with Crippen LogP contribution in [0.3, 0.4) is 0 Å². The Morgan fingerprint density at radius 3 is 2.50 bits per heavy atom. The molecule has 3 aromatic rings. The van der Waals surface area contributed by atoms with Crippen molar-refractivity contribution in [1.82, 2.24) is 14.5 Å². The van der Waals surface area contributed by atoms with E-state index < -0.39 is 0 Å². The predicted molar refractivity (Wildman–Crippen MR) is 120 cm³/mol. The van der Waals surface area contributed by atoms with E-state index in [2.05, 4.69) is 0 Å². The molecule has 30 heavy (non-hydrogen) atoms. The highest BCUT2D eigenvalue weighted by Gasteiger charge is 2.31. The molecule has 6 heteroatoms. The fourth-order valence-electron chi connectivity index (χ4n) is 3.77. The number of aromatic nitrogens is 2. The van der Waals surface area contributed by atoms with Gasteiger partial charge in [0, 0.05) is 13.6 Å². The van der Waals surface area contributed by atoms with Crippen molar-refractivity contribution in [3.8, 4) is 5.75 Å². The summed E-state index contributed by atoms with van der Waals surface area (Å²) >= 11 is 0. The number of rotatable bonds is 4. The Labute approximate surface area is 176 Å². The number of aliphatic hydroxyl groups excluding tert-OH is 1. The third kappa shape index (κ3) is 3.77. The van der Waals surface area contributed by atoms with E-state index in [1.165, 1.54) is 0 Å². The van der Waals surface area contributed by atoms with Crippen molar-refractivity contribution in [2.45, 2.75) is 39.8 Å². The lowest BCUT2D eigenvalue weighted by molar-refractivity contribution is 0.131. The molecule has 0 atom stereocenters. The first kappa shape index (κ1) is 20.0. The summed E-state index contributed by atoms with van der Waals surface area (Å²) in [7, 11) is 1.92. The molecule has 1 aromatic heterocycles. The molecule has 2 N–H and O–H groups in total. The predicted octanol–water partition coefficient (Wildman–Crippen LogP) is 4.82. The maximum atomic E-state index is 10.7. The molecule has 1 aliphatic heterocycles. The van der Waals surface area contributed by atoms with Crippen molar-refractivity contribution in [3.63, 3.8) is 0 Å². The summed E-state index contributed by atoms with van der Waals surface area (Å²) in [5, 5.41) is 19.3. The molecule has 0 saturated heterocycles. The van der Waals surface area contributed by atoms with Crippen molar-refractivity contribution in [3.05, 3.63) is 65.2 Å². The number of hydrogen-bond acceptors (Lipinski definition) is 4. The lowest BCUT2D eigenvalue weighted by atomic mass is 10.1. The molecule has 0 aliphatic carbocycles. The molecular weight excluding hydrogens is 376 g/mol. The van der Waals surface area contributed by atoms with Gasteiger partial charge < -0.3 is 19.3 Å². The quantitative estimate of drug-likeness (QED) is 0.654. The van der Waals surface area contributed by atoms with Gasteiger partial charge >= 0.3 is 0 Å². The molecule has 0 bridgehead atoms. The van der Waals surface area contributed by atoms with Crippen molar-refractivity contribution in [2.75, 3.05) is 6.54 Å². The average molecular weight is 405 g/mol. The van der Waals surface area contributed by atoms with Gasteiger partial charge in [-0.3, -0.25) is 5.41 Å². The summed E-state index contributed by atoms with van der Waals surface area (Å²) in [5.74, 6) is 1.91. The van der Waals surface area contributed by atoms with Crippen LogP contribution in [0.2, 0.25) is 0 Å². The zero-order valence-electron chi connectivity index (χ0n) is 18.2. The minimum atomic E-state index is -0.243. The number of nitrogens with zero attached hydrogens (tertiary/aromatic N) is 3. The first-order valence-electron chi connectivity index (χ1n) is 10.1. The van der Waals surface area contributed by atoms with Crippen molar-refractivity contribution in [1.29, 1.82) is 5.41 Å². The van der Waals surface area contributed by atoms with E-state index in [-0.39, 0.29) is 17.2 Å². The molecule has 6 nitrogen and oxygen atoms in total. The van der Waals surface area contributed by atoms with E-state index in [9.17, 15) is 5.11 Å². The molecule has 0 saturated carbocycles. The zero-order valence-corrected chi connectivity index (χ0v) is 18.2. The van der Waals surface area contributed by atoms with Crippen LogP contribution in [-0.4, -0.2) is 37.5 Å². The number of aliphatic hydroxyl groups is 1. The maximum absolute atomic E-state index is 10.7. The van der Waals surface area contributed by atoms with E-state index in [4.69, 9.17) is 15.1 Å². The van der Waals surface area contributed by atoms with Crippen LogP contribution in [0.25, 0.3) is 16.6 Å². The lowest BCUT2D eigenvalue weighted by Crippen LogP contribution is -2.26. The van der Waals surface area contributed by atoms with Crippen LogP contribution in [0.5, 0.6) is 5.75 Å². The molecule has 2 aromatic carbocycles. The summed E-state index contributed by atoms with van der Waals surface area (Å²) in [6.45, 7) is 8.92. The highest BCUT2D eigenvalue weighted by Crippen LogP contribution is 2.30. The highest BCUT2D eigenvalue weighted by atomic mass is 16.5. The van der Waals surface area contributed by atoms with Crippen LogP contribution in [-0.2, 0) is 13.6 Å². The van der Waals surface area contributed by atoms with Gasteiger partial charge in [-0.2, -0.15) is 0 Å². The molecule has 0 unspecified atom stereocenters. The van der Waals surface area contributed by atoms with Crippen molar-refractivity contribution >= 4 is 22.4 Å². The summed E-state index contributed by atoms with van der Waals surface area (Å²) in [5.41, 5.74) is 4.29. The fourth-order valence-corrected chi connectivity index (χ4v) is 3.77. The topological polar surface area (TPSA) is 74.4 Å². The van der Waals surface area contributed by atoms with E-state index in [1.807, 2.05) is 86.7 Å². The van der Waals surface area contributed by atoms with Gasteiger partial charge in [0.05, 0.1) is 23.2 Å². The van der Waals surface area contributed by atoms with Gasteiger partial charge in [0.15, 0.2) is 0 Å². The van der Waals surface area contributed by atoms with Crippen LogP contribution in [0, 0.1) is 12.3 Å². The molecule has 156 valence electrons. The van der Waals surface area contributed by atoms with Crippen molar-refractivity contribution < 1.29 is 9.84 Å². The second-order valence-electron chi connectivity index (χ2n) is 8.87. The molecule has 0 amide bonds. The minimum Gasteiger partial charge on any atom is -0.510 e. The zero-order chi connectivity index (χ0) is 21.6. The van der Waals surface area contributed by atoms with E-state index >= 15 is 0 Å². The number of aryl methyl sites for hydroxylation is 2. The molecule has 2 heterocycles.